The van der Waals surface area contributed by atoms with E-state index < -0.39 is 4.92 Å². The van der Waals surface area contributed by atoms with E-state index in [0.29, 0.717) is 5.39 Å². The molecule has 0 saturated heterocycles. The molecule has 0 saturated carbocycles. The van der Waals surface area contributed by atoms with E-state index in [1.807, 2.05) is 30.3 Å². The summed E-state index contributed by atoms with van der Waals surface area (Å²) >= 11 is 1.54. The highest BCUT2D eigenvalue weighted by Crippen LogP contribution is 2.41. The summed E-state index contributed by atoms with van der Waals surface area (Å²) in [6, 6.07) is 11.1. The lowest BCUT2D eigenvalue weighted by Gasteiger charge is -1.98. The summed E-state index contributed by atoms with van der Waals surface area (Å²) < 4.78 is 1.93. The minimum Gasteiger partial charge on any atom is -0.393 e. The summed E-state index contributed by atoms with van der Waals surface area (Å²) in [4.78, 5) is 10.7. The second-order valence-electron chi connectivity index (χ2n) is 3.73. The van der Waals surface area contributed by atoms with Gasteiger partial charge in [-0.05, 0) is 18.2 Å². The van der Waals surface area contributed by atoms with E-state index in [1.54, 1.807) is 17.4 Å². The maximum absolute atomic E-state index is 11.1. The van der Waals surface area contributed by atoms with E-state index >= 15 is 0 Å². The lowest BCUT2D eigenvalue weighted by atomic mass is 10.1. The van der Waals surface area contributed by atoms with Crippen molar-refractivity contribution in [2.45, 2.75) is 0 Å². The van der Waals surface area contributed by atoms with E-state index in [9.17, 15) is 10.1 Å². The monoisotopic (exact) mass is 244 g/mol. The van der Waals surface area contributed by atoms with Gasteiger partial charge in [-0.3, -0.25) is 10.1 Å². The molecule has 0 bridgehead atoms. The van der Waals surface area contributed by atoms with E-state index in [0.717, 1.165) is 14.8 Å². The molecule has 0 radical (unpaired) electrons. The Morgan fingerprint density at radius 3 is 2.65 bits per heavy atom. The molecule has 5 heteroatoms. The van der Waals surface area contributed by atoms with Crippen LogP contribution in [0.15, 0.2) is 36.4 Å². The highest BCUT2D eigenvalue weighted by molar-refractivity contribution is 7.25. The third kappa shape index (κ3) is 1.36. The average molecular weight is 244 g/mol. The van der Waals surface area contributed by atoms with Crippen LogP contribution in [0.3, 0.4) is 0 Å². The van der Waals surface area contributed by atoms with Crippen LogP contribution in [0, 0.1) is 10.1 Å². The summed E-state index contributed by atoms with van der Waals surface area (Å²) in [7, 11) is 0. The molecular weight excluding hydrogens is 236 g/mol. The Balaban J connectivity index is 2.60. The third-order valence-corrected chi connectivity index (χ3v) is 3.87. The molecule has 2 N–H and O–H groups in total. The van der Waals surface area contributed by atoms with Crippen LogP contribution in [0.4, 0.5) is 11.4 Å². The minimum absolute atomic E-state index is 0.0138. The summed E-state index contributed by atoms with van der Waals surface area (Å²) in [6.07, 6.45) is 0. The van der Waals surface area contributed by atoms with E-state index in [-0.39, 0.29) is 11.4 Å². The van der Waals surface area contributed by atoms with Crippen molar-refractivity contribution < 1.29 is 4.92 Å². The van der Waals surface area contributed by atoms with Crippen molar-refractivity contribution >= 4 is 42.9 Å². The Bertz CT molecular complexity index is 749. The SMILES string of the molecule is Nc1ccc2sc3ccccc3c2c1[N+](=O)[O-]. The number of fused-ring (bicyclic) bond motifs is 3. The number of hydrogen-bond acceptors (Lipinski definition) is 4. The molecule has 0 amide bonds. The Kier molecular flexibility index (Phi) is 2.02. The van der Waals surface area contributed by atoms with Crippen LogP contribution in [0.2, 0.25) is 0 Å². The van der Waals surface area contributed by atoms with Gasteiger partial charge in [-0.2, -0.15) is 0 Å². The highest BCUT2D eigenvalue weighted by Gasteiger charge is 2.20. The van der Waals surface area contributed by atoms with Crippen LogP contribution in [0.1, 0.15) is 0 Å². The molecule has 1 heterocycles. The van der Waals surface area contributed by atoms with Gasteiger partial charge in [0.15, 0.2) is 0 Å². The van der Waals surface area contributed by atoms with Gasteiger partial charge in [0.2, 0.25) is 0 Å². The van der Waals surface area contributed by atoms with Crippen LogP contribution < -0.4 is 5.73 Å². The van der Waals surface area contributed by atoms with Crippen molar-refractivity contribution in [3.05, 3.63) is 46.5 Å². The zero-order chi connectivity index (χ0) is 12.0. The van der Waals surface area contributed by atoms with Crippen LogP contribution in [0.5, 0.6) is 0 Å². The maximum atomic E-state index is 11.1. The van der Waals surface area contributed by atoms with Gasteiger partial charge in [0.1, 0.15) is 5.69 Å². The summed E-state index contributed by atoms with van der Waals surface area (Å²) in [5.41, 5.74) is 5.93. The van der Waals surface area contributed by atoms with E-state index in [2.05, 4.69) is 0 Å². The van der Waals surface area contributed by atoms with Crippen molar-refractivity contribution in [2.24, 2.45) is 0 Å². The van der Waals surface area contributed by atoms with Crippen molar-refractivity contribution in [2.75, 3.05) is 5.73 Å². The Morgan fingerprint density at radius 1 is 1.12 bits per heavy atom. The number of nitrogens with zero attached hydrogens (tertiary/aromatic N) is 1. The number of nitrogens with two attached hydrogens (primary N) is 1. The second-order valence-corrected chi connectivity index (χ2v) is 4.82. The number of benzene rings is 2. The van der Waals surface area contributed by atoms with Gasteiger partial charge >= 0.3 is 5.69 Å². The van der Waals surface area contributed by atoms with Gasteiger partial charge in [-0.15, -0.1) is 11.3 Å². The molecule has 0 spiro atoms. The fraction of sp³-hybridized carbons (Fsp3) is 0. The van der Waals surface area contributed by atoms with Gasteiger partial charge in [0, 0.05) is 14.8 Å². The quantitative estimate of drug-likeness (QED) is 0.404. The average Bonchev–Trinajstić information content (AvgIpc) is 2.67. The lowest BCUT2D eigenvalue weighted by molar-refractivity contribution is -0.382. The molecule has 0 aliphatic carbocycles. The number of anilines is 1. The molecule has 3 aromatic rings. The topological polar surface area (TPSA) is 69.2 Å². The lowest BCUT2D eigenvalue weighted by Crippen LogP contribution is -1.95. The number of hydrogen-bond donors (Lipinski definition) is 1. The van der Waals surface area contributed by atoms with Crippen LogP contribution in [-0.4, -0.2) is 4.92 Å². The molecular formula is C12H8N2O2S. The first-order valence-electron chi connectivity index (χ1n) is 5.02. The number of nitro benzene ring substituents is 1. The minimum atomic E-state index is -0.406. The predicted octanol–water partition coefficient (Wildman–Crippen LogP) is 3.54. The number of nitrogen functional groups attached to an aromatic ring is 1. The molecule has 84 valence electrons. The van der Waals surface area contributed by atoms with Crippen molar-refractivity contribution in [1.29, 1.82) is 0 Å². The van der Waals surface area contributed by atoms with Crippen LogP contribution in [-0.2, 0) is 0 Å². The Morgan fingerprint density at radius 2 is 1.88 bits per heavy atom. The molecule has 1 aromatic heterocycles. The summed E-state index contributed by atoms with van der Waals surface area (Å²) in [5, 5.41) is 12.7. The van der Waals surface area contributed by atoms with Gasteiger partial charge < -0.3 is 5.73 Å². The first-order valence-corrected chi connectivity index (χ1v) is 5.84. The van der Waals surface area contributed by atoms with Crippen molar-refractivity contribution in [1.82, 2.24) is 0 Å². The van der Waals surface area contributed by atoms with Gasteiger partial charge in [0.05, 0.1) is 10.3 Å². The Labute approximate surface area is 100 Å². The summed E-state index contributed by atoms with van der Waals surface area (Å²) in [6.45, 7) is 0. The zero-order valence-electron chi connectivity index (χ0n) is 8.71. The van der Waals surface area contributed by atoms with Crippen LogP contribution in [0.25, 0.3) is 20.2 Å². The van der Waals surface area contributed by atoms with Crippen molar-refractivity contribution in [3.8, 4) is 0 Å². The van der Waals surface area contributed by atoms with Gasteiger partial charge in [-0.25, -0.2) is 0 Å². The number of nitro groups is 1. The third-order valence-electron chi connectivity index (χ3n) is 2.73. The molecule has 0 aliphatic heterocycles. The molecule has 0 fully saturated rings. The largest absolute Gasteiger partial charge is 0.393 e. The molecule has 0 atom stereocenters. The summed E-state index contributed by atoms with van der Waals surface area (Å²) in [5.74, 6) is 0. The smallest absolute Gasteiger partial charge is 0.301 e. The Hall–Kier alpha value is -2.14. The molecule has 3 rings (SSSR count). The number of rotatable bonds is 1. The molecule has 0 unspecified atom stereocenters. The number of thiophene rings is 1. The van der Waals surface area contributed by atoms with E-state index in [1.165, 1.54) is 0 Å². The molecule has 2 aromatic carbocycles. The zero-order valence-corrected chi connectivity index (χ0v) is 9.53. The standard InChI is InChI=1S/C12H8N2O2S/c13-8-5-6-10-11(12(8)14(15)16)7-3-1-2-4-9(7)17-10/h1-6H,13H2. The predicted molar refractivity (Wildman–Crippen MR) is 70.4 cm³/mol. The fourth-order valence-corrected chi connectivity index (χ4v) is 3.12. The molecule has 0 aliphatic rings. The van der Waals surface area contributed by atoms with Gasteiger partial charge in [0.25, 0.3) is 0 Å². The fourth-order valence-electron chi connectivity index (χ4n) is 2.01. The van der Waals surface area contributed by atoms with Crippen molar-refractivity contribution in [3.63, 3.8) is 0 Å². The van der Waals surface area contributed by atoms with Gasteiger partial charge in [-0.1, -0.05) is 18.2 Å². The highest BCUT2D eigenvalue weighted by atomic mass is 32.1. The maximum Gasteiger partial charge on any atom is 0.301 e. The first-order chi connectivity index (χ1) is 8.18. The van der Waals surface area contributed by atoms with Crippen LogP contribution >= 0.6 is 11.3 Å². The normalized spacial score (nSPS) is 11.1. The first kappa shape index (κ1) is 10.0. The second kappa shape index (κ2) is 3.43. The van der Waals surface area contributed by atoms with E-state index in [4.69, 9.17) is 5.73 Å². The molecule has 4 nitrogen and oxygen atoms in total. The molecule has 17 heavy (non-hydrogen) atoms.